The molecule has 0 heterocycles. The molecule has 0 saturated heterocycles. The second-order valence-electron chi connectivity index (χ2n) is 1.80. The lowest BCUT2D eigenvalue weighted by Crippen LogP contribution is -2.36. The van der Waals surface area contributed by atoms with Gasteiger partial charge in [-0.15, -0.1) is 0 Å². The maximum atomic E-state index is 10.1. The van der Waals surface area contributed by atoms with Crippen molar-refractivity contribution in [3.8, 4) is 0 Å². The summed E-state index contributed by atoms with van der Waals surface area (Å²) in [6.07, 6.45) is 0. The van der Waals surface area contributed by atoms with Crippen molar-refractivity contribution in [3.63, 3.8) is 0 Å². The lowest BCUT2D eigenvalue weighted by Gasteiger charge is -2.05. The molecule has 0 radical (unpaired) electrons. The van der Waals surface area contributed by atoms with Crippen molar-refractivity contribution in [1.82, 2.24) is 5.32 Å². The molecule has 0 fully saturated rings. The van der Waals surface area contributed by atoms with E-state index in [4.69, 9.17) is 10.8 Å². The first kappa shape index (κ1) is 8.39. The molecule has 1 unspecified atom stereocenters. The highest BCUT2D eigenvalue weighted by molar-refractivity contribution is 5.72. The second-order valence-corrected chi connectivity index (χ2v) is 1.80. The molecular formula is C5H12N2O2. The molecule has 1 atom stereocenters. The standard InChI is InChI=1S/C5H12N2O2/c1-4(5(8)9)7-3-2-6/h4,7H,2-3,6H2,1H3,(H,8,9). The Morgan fingerprint density at radius 2 is 2.44 bits per heavy atom. The first-order chi connectivity index (χ1) is 4.18. The Kier molecular flexibility index (Phi) is 4.00. The number of carboxylic acid groups (broad SMARTS) is 1. The fourth-order valence-corrected chi connectivity index (χ4v) is 0.387. The molecule has 54 valence electrons. The van der Waals surface area contributed by atoms with Crippen molar-refractivity contribution in [2.24, 2.45) is 5.73 Å². The molecule has 0 aliphatic carbocycles. The van der Waals surface area contributed by atoms with Crippen LogP contribution in [0.15, 0.2) is 0 Å². The third-order valence-corrected chi connectivity index (χ3v) is 0.965. The number of hydrogen-bond acceptors (Lipinski definition) is 3. The van der Waals surface area contributed by atoms with E-state index in [-0.39, 0.29) is 0 Å². The van der Waals surface area contributed by atoms with Gasteiger partial charge in [0.2, 0.25) is 0 Å². The van der Waals surface area contributed by atoms with Gasteiger partial charge in [-0.1, -0.05) is 0 Å². The first-order valence-electron chi connectivity index (χ1n) is 2.84. The molecule has 4 heteroatoms. The molecule has 4 N–H and O–H groups in total. The van der Waals surface area contributed by atoms with Crippen LogP contribution in [0.5, 0.6) is 0 Å². The van der Waals surface area contributed by atoms with Gasteiger partial charge in [0, 0.05) is 13.1 Å². The van der Waals surface area contributed by atoms with E-state index in [2.05, 4.69) is 5.32 Å². The first-order valence-corrected chi connectivity index (χ1v) is 2.84. The summed E-state index contributed by atoms with van der Waals surface area (Å²) in [5.41, 5.74) is 5.12. The highest BCUT2D eigenvalue weighted by atomic mass is 16.4. The molecule has 0 aromatic carbocycles. The number of carbonyl (C=O) groups is 1. The Bertz CT molecular complexity index is 95.0. The molecule has 0 aromatic heterocycles. The lowest BCUT2D eigenvalue weighted by atomic mass is 10.3. The number of rotatable bonds is 4. The minimum absolute atomic E-state index is 0.470. The van der Waals surface area contributed by atoms with Crippen LogP contribution >= 0.6 is 0 Å². The van der Waals surface area contributed by atoms with Crippen LogP contribution in [0.3, 0.4) is 0 Å². The molecule has 0 aliphatic rings. The van der Waals surface area contributed by atoms with Crippen LogP contribution in [0.2, 0.25) is 0 Å². The molecular weight excluding hydrogens is 120 g/mol. The van der Waals surface area contributed by atoms with Crippen LogP contribution in [0.1, 0.15) is 6.92 Å². The summed E-state index contributed by atoms with van der Waals surface area (Å²) in [5, 5.41) is 11.0. The number of nitrogens with two attached hydrogens (primary N) is 1. The fourth-order valence-electron chi connectivity index (χ4n) is 0.387. The van der Waals surface area contributed by atoms with E-state index in [1.165, 1.54) is 0 Å². The van der Waals surface area contributed by atoms with E-state index in [1.54, 1.807) is 6.92 Å². The van der Waals surface area contributed by atoms with Gasteiger partial charge in [-0.3, -0.25) is 4.79 Å². The molecule has 4 nitrogen and oxygen atoms in total. The van der Waals surface area contributed by atoms with Gasteiger partial charge in [0.05, 0.1) is 0 Å². The monoisotopic (exact) mass is 132 g/mol. The average Bonchev–Trinajstić information content (AvgIpc) is 1.82. The Labute approximate surface area is 54.0 Å². The van der Waals surface area contributed by atoms with Crippen molar-refractivity contribution in [1.29, 1.82) is 0 Å². The number of hydrogen-bond donors (Lipinski definition) is 3. The summed E-state index contributed by atoms with van der Waals surface area (Å²) in [6.45, 7) is 2.60. The summed E-state index contributed by atoms with van der Waals surface area (Å²) in [7, 11) is 0. The van der Waals surface area contributed by atoms with E-state index < -0.39 is 12.0 Å². The second kappa shape index (κ2) is 4.29. The van der Waals surface area contributed by atoms with Gasteiger partial charge in [0.15, 0.2) is 0 Å². The SMILES string of the molecule is CC(NCCN)C(=O)O. The molecule has 0 aliphatic heterocycles. The van der Waals surface area contributed by atoms with Gasteiger partial charge in [-0.25, -0.2) is 0 Å². The summed E-state index contributed by atoms with van der Waals surface area (Å²) in [6, 6.07) is -0.492. The van der Waals surface area contributed by atoms with Crippen molar-refractivity contribution in [2.45, 2.75) is 13.0 Å². The smallest absolute Gasteiger partial charge is 0.320 e. The van der Waals surface area contributed by atoms with Crippen molar-refractivity contribution >= 4 is 5.97 Å². The minimum atomic E-state index is -0.844. The maximum absolute atomic E-state index is 10.1. The van der Waals surface area contributed by atoms with Crippen LogP contribution in [-0.4, -0.2) is 30.2 Å². The van der Waals surface area contributed by atoms with Crippen molar-refractivity contribution < 1.29 is 9.90 Å². The zero-order valence-electron chi connectivity index (χ0n) is 5.42. The zero-order chi connectivity index (χ0) is 7.28. The van der Waals surface area contributed by atoms with E-state index in [9.17, 15) is 4.79 Å². The molecule has 0 saturated carbocycles. The van der Waals surface area contributed by atoms with E-state index in [0.29, 0.717) is 13.1 Å². The van der Waals surface area contributed by atoms with E-state index in [1.807, 2.05) is 0 Å². The largest absolute Gasteiger partial charge is 0.480 e. The maximum Gasteiger partial charge on any atom is 0.320 e. The Balaban J connectivity index is 3.27. The van der Waals surface area contributed by atoms with Crippen molar-refractivity contribution in [2.75, 3.05) is 13.1 Å². The van der Waals surface area contributed by atoms with Gasteiger partial charge in [0.1, 0.15) is 6.04 Å². The third kappa shape index (κ3) is 3.93. The highest BCUT2D eigenvalue weighted by Gasteiger charge is 2.06. The predicted octanol–water partition coefficient (Wildman–Crippen LogP) is -0.992. The van der Waals surface area contributed by atoms with E-state index in [0.717, 1.165) is 0 Å². The van der Waals surface area contributed by atoms with Crippen LogP contribution in [0.4, 0.5) is 0 Å². The highest BCUT2D eigenvalue weighted by Crippen LogP contribution is 1.77. The third-order valence-electron chi connectivity index (χ3n) is 0.965. The average molecular weight is 132 g/mol. The summed E-state index contributed by atoms with van der Waals surface area (Å²) in [4.78, 5) is 10.1. The molecule has 0 aromatic rings. The van der Waals surface area contributed by atoms with Crippen LogP contribution < -0.4 is 11.1 Å². The Morgan fingerprint density at radius 3 is 2.78 bits per heavy atom. The van der Waals surface area contributed by atoms with E-state index >= 15 is 0 Å². The Morgan fingerprint density at radius 1 is 1.89 bits per heavy atom. The van der Waals surface area contributed by atoms with Crippen LogP contribution in [-0.2, 0) is 4.79 Å². The molecule has 0 amide bonds. The quantitative estimate of drug-likeness (QED) is 0.459. The number of aliphatic carboxylic acids is 1. The van der Waals surface area contributed by atoms with Gasteiger partial charge < -0.3 is 16.2 Å². The summed E-state index contributed by atoms with van der Waals surface area (Å²) in [5.74, 6) is -0.844. The van der Waals surface area contributed by atoms with Gasteiger partial charge in [-0.05, 0) is 6.92 Å². The summed E-state index contributed by atoms with van der Waals surface area (Å²) >= 11 is 0. The minimum Gasteiger partial charge on any atom is -0.480 e. The number of carboxylic acids is 1. The molecule has 0 bridgehead atoms. The van der Waals surface area contributed by atoms with Gasteiger partial charge in [-0.2, -0.15) is 0 Å². The Hall–Kier alpha value is -0.610. The number of nitrogens with one attached hydrogen (secondary N) is 1. The topological polar surface area (TPSA) is 75.3 Å². The predicted molar refractivity (Wildman–Crippen MR) is 34.2 cm³/mol. The van der Waals surface area contributed by atoms with Crippen LogP contribution in [0.25, 0.3) is 0 Å². The molecule has 0 spiro atoms. The molecule has 9 heavy (non-hydrogen) atoms. The van der Waals surface area contributed by atoms with Gasteiger partial charge >= 0.3 is 5.97 Å². The normalized spacial score (nSPS) is 13.1. The van der Waals surface area contributed by atoms with Crippen LogP contribution in [0, 0.1) is 0 Å². The van der Waals surface area contributed by atoms with Gasteiger partial charge in [0.25, 0.3) is 0 Å². The zero-order valence-corrected chi connectivity index (χ0v) is 5.42. The fraction of sp³-hybridized carbons (Fsp3) is 0.800. The van der Waals surface area contributed by atoms with Crippen molar-refractivity contribution in [3.05, 3.63) is 0 Å². The molecule has 0 rings (SSSR count). The lowest BCUT2D eigenvalue weighted by molar-refractivity contribution is -0.138. The summed E-state index contributed by atoms with van der Waals surface area (Å²) < 4.78 is 0.